The van der Waals surface area contributed by atoms with Crippen LogP contribution in [0, 0.1) is 6.92 Å². The summed E-state index contributed by atoms with van der Waals surface area (Å²) in [6.45, 7) is 1.98. The molecule has 0 unspecified atom stereocenters. The predicted molar refractivity (Wildman–Crippen MR) is 107 cm³/mol. The molecule has 0 aliphatic rings. The molecule has 0 bridgehead atoms. The van der Waals surface area contributed by atoms with E-state index in [1.807, 2.05) is 31.2 Å². The maximum atomic E-state index is 12.2. The molecule has 27 heavy (non-hydrogen) atoms. The lowest BCUT2D eigenvalue weighted by Crippen LogP contribution is -2.12. The Balaban J connectivity index is 1.51. The number of nitrogens with one attached hydrogen (secondary N) is 2. The molecule has 1 aromatic heterocycles. The first-order valence-electron chi connectivity index (χ1n) is 8.25. The third-order valence-corrected chi connectivity index (χ3v) is 4.90. The van der Waals surface area contributed by atoms with Crippen molar-refractivity contribution in [1.82, 2.24) is 10.2 Å². The van der Waals surface area contributed by atoms with E-state index in [-0.39, 0.29) is 23.2 Å². The van der Waals surface area contributed by atoms with Crippen LogP contribution in [0.15, 0.2) is 48.5 Å². The second-order valence-electron chi connectivity index (χ2n) is 5.88. The van der Waals surface area contributed by atoms with Gasteiger partial charge in [0.25, 0.3) is 5.91 Å². The van der Waals surface area contributed by atoms with Crippen LogP contribution in [0.3, 0.4) is 0 Å². The number of benzene rings is 2. The van der Waals surface area contributed by atoms with Gasteiger partial charge in [0.05, 0.1) is 0 Å². The average Bonchev–Trinajstić information content (AvgIpc) is 3.13. The highest BCUT2D eigenvalue weighted by Crippen LogP contribution is 2.17. The van der Waals surface area contributed by atoms with E-state index in [1.54, 1.807) is 24.3 Å². The van der Waals surface area contributed by atoms with E-state index in [1.165, 1.54) is 11.3 Å². The minimum atomic E-state index is -0.312. The second-order valence-corrected chi connectivity index (χ2v) is 7.37. The molecule has 0 spiro atoms. The Kier molecular flexibility index (Phi) is 6.16. The van der Waals surface area contributed by atoms with Crippen LogP contribution in [-0.4, -0.2) is 22.0 Å². The van der Waals surface area contributed by atoms with E-state index < -0.39 is 0 Å². The van der Waals surface area contributed by atoms with Gasteiger partial charge in [0, 0.05) is 29.2 Å². The van der Waals surface area contributed by atoms with Gasteiger partial charge in [0.15, 0.2) is 0 Å². The molecule has 0 saturated carbocycles. The lowest BCUT2D eigenvalue weighted by Gasteiger charge is -2.04. The lowest BCUT2D eigenvalue weighted by atomic mass is 10.2. The fourth-order valence-electron chi connectivity index (χ4n) is 2.25. The maximum absolute atomic E-state index is 12.2. The quantitative estimate of drug-likeness (QED) is 0.645. The molecule has 6 nitrogen and oxygen atoms in total. The first-order valence-corrected chi connectivity index (χ1v) is 9.45. The molecule has 0 radical (unpaired) electrons. The minimum Gasteiger partial charge on any atom is -0.326 e. The van der Waals surface area contributed by atoms with Gasteiger partial charge in [-0.1, -0.05) is 40.6 Å². The van der Waals surface area contributed by atoms with E-state index in [9.17, 15) is 9.59 Å². The predicted octanol–water partition coefficient (Wildman–Crippen LogP) is 4.32. The highest BCUT2D eigenvalue weighted by atomic mass is 35.5. The van der Waals surface area contributed by atoms with Crippen LogP contribution in [0.5, 0.6) is 0 Å². The molecule has 0 aliphatic heterocycles. The fourth-order valence-corrected chi connectivity index (χ4v) is 3.11. The van der Waals surface area contributed by atoms with Gasteiger partial charge < -0.3 is 10.6 Å². The van der Waals surface area contributed by atoms with Crippen LogP contribution in [-0.2, 0) is 11.2 Å². The van der Waals surface area contributed by atoms with Gasteiger partial charge in [0.1, 0.15) is 5.01 Å². The van der Waals surface area contributed by atoms with Crippen molar-refractivity contribution < 1.29 is 9.59 Å². The third kappa shape index (κ3) is 5.60. The third-order valence-electron chi connectivity index (χ3n) is 3.66. The molecule has 0 aliphatic carbocycles. The molecule has 0 saturated heterocycles. The number of rotatable bonds is 6. The Hall–Kier alpha value is -2.77. The number of carbonyl (C=O) groups is 2. The van der Waals surface area contributed by atoms with E-state index in [4.69, 9.17) is 11.6 Å². The molecule has 2 aromatic carbocycles. The molecule has 1 heterocycles. The maximum Gasteiger partial charge on any atom is 0.286 e. The van der Waals surface area contributed by atoms with Gasteiger partial charge in [-0.3, -0.25) is 9.59 Å². The van der Waals surface area contributed by atoms with Crippen molar-refractivity contribution in [3.63, 3.8) is 0 Å². The van der Waals surface area contributed by atoms with E-state index in [0.29, 0.717) is 27.8 Å². The number of aromatic nitrogens is 2. The first-order chi connectivity index (χ1) is 13.0. The van der Waals surface area contributed by atoms with Crippen molar-refractivity contribution in [3.05, 3.63) is 69.1 Å². The van der Waals surface area contributed by atoms with E-state index in [0.717, 1.165) is 5.56 Å². The normalized spacial score (nSPS) is 10.4. The number of nitrogens with zero attached hydrogens (tertiary/aromatic N) is 2. The molecule has 2 N–H and O–H groups in total. The van der Waals surface area contributed by atoms with Crippen LogP contribution in [0.25, 0.3) is 0 Å². The Labute approximate surface area is 165 Å². The van der Waals surface area contributed by atoms with Gasteiger partial charge in [-0.05, 0) is 43.3 Å². The van der Waals surface area contributed by atoms with Crippen molar-refractivity contribution in [2.75, 3.05) is 10.6 Å². The van der Waals surface area contributed by atoms with Gasteiger partial charge in [-0.2, -0.15) is 0 Å². The molecule has 8 heteroatoms. The Morgan fingerprint density at radius 3 is 2.30 bits per heavy atom. The number of hydrogen-bond donors (Lipinski definition) is 2. The summed E-state index contributed by atoms with van der Waals surface area (Å²) in [6.07, 6.45) is 0.658. The summed E-state index contributed by atoms with van der Waals surface area (Å²) in [5.41, 5.74) is 2.49. The van der Waals surface area contributed by atoms with Crippen LogP contribution in [0.2, 0.25) is 5.02 Å². The Morgan fingerprint density at radius 1 is 0.963 bits per heavy atom. The lowest BCUT2D eigenvalue weighted by molar-refractivity contribution is -0.116. The molecule has 2 amide bonds. The molecular formula is C19H17ClN4O2S. The summed E-state index contributed by atoms with van der Waals surface area (Å²) < 4.78 is 0. The molecule has 0 fully saturated rings. The SMILES string of the molecule is Cc1ccc(NC(=O)c2nnc(CCC(=O)Nc3ccc(Cl)cc3)s2)cc1. The van der Waals surface area contributed by atoms with Crippen LogP contribution < -0.4 is 10.6 Å². The highest BCUT2D eigenvalue weighted by molar-refractivity contribution is 7.13. The minimum absolute atomic E-state index is 0.141. The standard InChI is InChI=1S/C19H17ClN4O2S/c1-12-2-6-15(7-3-12)22-18(26)19-24-23-17(27-19)11-10-16(25)21-14-8-4-13(20)5-9-14/h2-9H,10-11H2,1H3,(H,21,25)(H,22,26). The number of amides is 2. The van der Waals surface area contributed by atoms with Crippen molar-refractivity contribution in [3.8, 4) is 0 Å². The van der Waals surface area contributed by atoms with Gasteiger partial charge in [0.2, 0.25) is 10.9 Å². The monoisotopic (exact) mass is 400 g/mol. The van der Waals surface area contributed by atoms with Crippen molar-refractivity contribution in [1.29, 1.82) is 0 Å². The van der Waals surface area contributed by atoms with Crippen LogP contribution in [0.1, 0.15) is 26.8 Å². The zero-order valence-electron chi connectivity index (χ0n) is 14.5. The molecule has 3 aromatic rings. The van der Waals surface area contributed by atoms with Crippen molar-refractivity contribution in [2.45, 2.75) is 19.8 Å². The summed E-state index contributed by atoms with van der Waals surface area (Å²) in [4.78, 5) is 24.2. The summed E-state index contributed by atoms with van der Waals surface area (Å²) in [7, 11) is 0. The van der Waals surface area contributed by atoms with Gasteiger partial charge in [-0.15, -0.1) is 10.2 Å². The fraction of sp³-hybridized carbons (Fsp3) is 0.158. The number of anilines is 2. The van der Waals surface area contributed by atoms with Gasteiger partial charge >= 0.3 is 0 Å². The summed E-state index contributed by atoms with van der Waals surface area (Å²) in [6, 6.07) is 14.4. The largest absolute Gasteiger partial charge is 0.326 e. The summed E-state index contributed by atoms with van der Waals surface area (Å²) in [5.74, 6) is -0.452. The zero-order chi connectivity index (χ0) is 19.2. The average molecular weight is 401 g/mol. The Bertz CT molecular complexity index is 939. The number of hydrogen-bond acceptors (Lipinski definition) is 5. The van der Waals surface area contributed by atoms with E-state index >= 15 is 0 Å². The molecule has 138 valence electrons. The summed E-state index contributed by atoms with van der Waals surface area (Å²) in [5, 5.41) is 15.0. The van der Waals surface area contributed by atoms with Gasteiger partial charge in [-0.25, -0.2) is 0 Å². The number of aryl methyl sites for hydroxylation is 2. The van der Waals surface area contributed by atoms with Crippen LogP contribution >= 0.6 is 22.9 Å². The first kappa shape index (κ1) is 19.0. The second kappa shape index (κ2) is 8.75. The Morgan fingerprint density at radius 2 is 1.59 bits per heavy atom. The molecule has 0 atom stereocenters. The highest BCUT2D eigenvalue weighted by Gasteiger charge is 2.14. The number of halogens is 1. The zero-order valence-corrected chi connectivity index (χ0v) is 16.1. The summed E-state index contributed by atoms with van der Waals surface area (Å²) >= 11 is 7.00. The van der Waals surface area contributed by atoms with Crippen LogP contribution in [0.4, 0.5) is 11.4 Å². The van der Waals surface area contributed by atoms with Crippen molar-refractivity contribution in [2.24, 2.45) is 0 Å². The topological polar surface area (TPSA) is 84.0 Å². The van der Waals surface area contributed by atoms with Crippen molar-refractivity contribution >= 4 is 46.1 Å². The van der Waals surface area contributed by atoms with E-state index in [2.05, 4.69) is 20.8 Å². The molecule has 3 rings (SSSR count). The molecular weight excluding hydrogens is 384 g/mol. The number of carbonyl (C=O) groups excluding carboxylic acids is 2. The smallest absolute Gasteiger partial charge is 0.286 e.